The predicted molar refractivity (Wildman–Crippen MR) is 84.5 cm³/mol. The Bertz CT molecular complexity index is 734. The second-order valence-electron chi connectivity index (χ2n) is 4.57. The van der Waals surface area contributed by atoms with Gasteiger partial charge in [0.05, 0.1) is 6.20 Å². The van der Waals surface area contributed by atoms with Crippen LogP contribution in [0.25, 0.3) is 0 Å². The molecule has 0 fully saturated rings. The average Bonchev–Trinajstić information content (AvgIpc) is 2.58. The number of benzene rings is 1. The van der Waals surface area contributed by atoms with Crippen molar-refractivity contribution in [1.29, 1.82) is 0 Å². The fourth-order valence-corrected chi connectivity index (χ4v) is 1.90. The van der Waals surface area contributed by atoms with Crippen LogP contribution in [0.5, 0.6) is 11.6 Å². The monoisotopic (exact) mass is 293 g/mol. The van der Waals surface area contributed by atoms with E-state index in [4.69, 9.17) is 10.5 Å². The molecule has 2 heterocycles. The van der Waals surface area contributed by atoms with E-state index in [1.54, 1.807) is 24.5 Å². The van der Waals surface area contributed by atoms with Gasteiger partial charge in [-0.3, -0.25) is 4.98 Å². The van der Waals surface area contributed by atoms with E-state index in [1.807, 2.05) is 30.3 Å². The maximum atomic E-state index is 6.06. The van der Waals surface area contributed by atoms with E-state index in [0.717, 1.165) is 5.56 Å². The van der Waals surface area contributed by atoms with Gasteiger partial charge in [-0.2, -0.15) is 4.98 Å². The van der Waals surface area contributed by atoms with Crippen LogP contribution in [-0.2, 0) is 6.54 Å². The van der Waals surface area contributed by atoms with Gasteiger partial charge >= 0.3 is 0 Å². The number of nitrogens with zero attached hydrogens (tertiary/aromatic N) is 3. The molecule has 0 aliphatic carbocycles. The lowest BCUT2D eigenvalue weighted by Gasteiger charge is -2.11. The molecule has 0 aliphatic heterocycles. The molecule has 1 aromatic carbocycles. The summed E-state index contributed by atoms with van der Waals surface area (Å²) in [7, 11) is 0. The summed E-state index contributed by atoms with van der Waals surface area (Å²) < 4.78 is 5.62. The smallest absolute Gasteiger partial charge is 0.248 e. The van der Waals surface area contributed by atoms with Crippen molar-refractivity contribution in [1.82, 2.24) is 15.0 Å². The Morgan fingerprint density at radius 2 is 1.91 bits per heavy atom. The number of pyridine rings is 1. The highest BCUT2D eigenvalue weighted by atomic mass is 16.5. The number of hydrogen-bond acceptors (Lipinski definition) is 6. The van der Waals surface area contributed by atoms with Crippen LogP contribution < -0.4 is 15.8 Å². The predicted octanol–water partition coefficient (Wildman–Crippen LogP) is 2.86. The van der Waals surface area contributed by atoms with Gasteiger partial charge in [0, 0.05) is 12.7 Å². The van der Waals surface area contributed by atoms with Gasteiger partial charge in [-0.15, -0.1) is 0 Å². The van der Waals surface area contributed by atoms with Crippen LogP contribution in [-0.4, -0.2) is 15.0 Å². The largest absolute Gasteiger partial charge is 0.435 e. The Kier molecular flexibility index (Phi) is 4.10. The van der Waals surface area contributed by atoms with Crippen LogP contribution >= 0.6 is 0 Å². The number of anilines is 2. The van der Waals surface area contributed by atoms with E-state index < -0.39 is 0 Å². The molecule has 0 atom stereocenters. The van der Waals surface area contributed by atoms with E-state index in [-0.39, 0.29) is 0 Å². The first-order valence-corrected chi connectivity index (χ1v) is 6.79. The molecule has 2 aromatic heterocycles. The Morgan fingerprint density at radius 3 is 2.68 bits per heavy atom. The fraction of sp³-hybridized carbons (Fsp3) is 0.0625. The van der Waals surface area contributed by atoms with Crippen molar-refractivity contribution in [2.75, 3.05) is 11.1 Å². The number of hydrogen-bond donors (Lipinski definition) is 2. The third-order valence-electron chi connectivity index (χ3n) is 3.00. The van der Waals surface area contributed by atoms with Gasteiger partial charge < -0.3 is 15.8 Å². The number of nitrogens with two attached hydrogens (primary N) is 1. The van der Waals surface area contributed by atoms with Crippen LogP contribution in [0.4, 0.5) is 11.5 Å². The summed E-state index contributed by atoms with van der Waals surface area (Å²) >= 11 is 0. The zero-order valence-corrected chi connectivity index (χ0v) is 11.8. The quantitative estimate of drug-likeness (QED) is 0.752. The fourth-order valence-electron chi connectivity index (χ4n) is 1.90. The van der Waals surface area contributed by atoms with Crippen LogP contribution in [0.1, 0.15) is 5.56 Å². The molecule has 0 amide bonds. The Labute approximate surface area is 128 Å². The molecule has 3 rings (SSSR count). The molecular weight excluding hydrogens is 278 g/mol. The molecule has 0 spiro atoms. The molecule has 0 bridgehead atoms. The highest BCUT2D eigenvalue weighted by Gasteiger charge is 2.10. The number of ether oxygens (including phenoxy) is 1. The first kappa shape index (κ1) is 13.8. The summed E-state index contributed by atoms with van der Waals surface area (Å²) in [5, 5.41) is 3.18. The second-order valence-corrected chi connectivity index (χ2v) is 4.57. The van der Waals surface area contributed by atoms with Crippen molar-refractivity contribution in [3.8, 4) is 11.6 Å². The van der Waals surface area contributed by atoms with E-state index in [0.29, 0.717) is 29.7 Å². The van der Waals surface area contributed by atoms with Gasteiger partial charge in [0.1, 0.15) is 17.8 Å². The standard InChI is InChI=1S/C16H15N5O/c17-14-15(19-9-12-5-2-1-3-6-12)20-11-21-16(14)22-13-7-4-8-18-10-13/h1-8,10-11H,9,17H2,(H,19,20,21). The molecule has 0 unspecified atom stereocenters. The zero-order chi connectivity index (χ0) is 15.2. The number of aromatic nitrogens is 3. The molecule has 110 valence electrons. The summed E-state index contributed by atoms with van der Waals surface area (Å²) in [5.41, 5.74) is 7.56. The van der Waals surface area contributed by atoms with E-state index in [9.17, 15) is 0 Å². The van der Waals surface area contributed by atoms with Gasteiger partial charge in [0.25, 0.3) is 0 Å². The molecule has 6 heteroatoms. The van der Waals surface area contributed by atoms with Gasteiger partial charge in [0.2, 0.25) is 5.88 Å². The van der Waals surface area contributed by atoms with Crippen LogP contribution in [0.15, 0.2) is 61.2 Å². The minimum absolute atomic E-state index is 0.304. The number of rotatable bonds is 5. The first-order valence-electron chi connectivity index (χ1n) is 6.79. The minimum atomic E-state index is 0.304. The van der Waals surface area contributed by atoms with Crippen molar-refractivity contribution in [3.63, 3.8) is 0 Å². The van der Waals surface area contributed by atoms with Crippen molar-refractivity contribution < 1.29 is 4.74 Å². The van der Waals surface area contributed by atoms with Crippen molar-refractivity contribution >= 4 is 11.5 Å². The van der Waals surface area contributed by atoms with Gasteiger partial charge in [-0.05, 0) is 17.7 Å². The summed E-state index contributed by atoms with van der Waals surface area (Å²) in [4.78, 5) is 12.2. The van der Waals surface area contributed by atoms with E-state index >= 15 is 0 Å². The van der Waals surface area contributed by atoms with Crippen molar-refractivity contribution in [2.24, 2.45) is 0 Å². The summed E-state index contributed by atoms with van der Waals surface area (Å²) in [6.45, 7) is 0.619. The maximum absolute atomic E-state index is 6.06. The highest BCUT2D eigenvalue weighted by molar-refractivity contribution is 5.66. The zero-order valence-electron chi connectivity index (χ0n) is 11.8. The van der Waals surface area contributed by atoms with Crippen molar-refractivity contribution in [2.45, 2.75) is 6.54 Å². The number of nitrogen functional groups attached to an aromatic ring is 1. The molecule has 6 nitrogen and oxygen atoms in total. The lowest BCUT2D eigenvalue weighted by atomic mass is 10.2. The molecular formula is C16H15N5O. The Balaban J connectivity index is 1.74. The van der Waals surface area contributed by atoms with Gasteiger partial charge in [-0.1, -0.05) is 30.3 Å². The van der Waals surface area contributed by atoms with E-state index in [1.165, 1.54) is 6.33 Å². The number of nitrogens with one attached hydrogen (secondary N) is 1. The highest BCUT2D eigenvalue weighted by Crippen LogP contribution is 2.28. The molecule has 0 radical (unpaired) electrons. The Hall–Kier alpha value is -3.15. The van der Waals surface area contributed by atoms with Crippen LogP contribution in [0.2, 0.25) is 0 Å². The first-order chi connectivity index (χ1) is 10.8. The second kappa shape index (κ2) is 6.53. The van der Waals surface area contributed by atoms with Crippen LogP contribution in [0, 0.1) is 0 Å². The SMILES string of the molecule is Nc1c(NCc2ccccc2)ncnc1Oc1cccnc1. The lowest BCUT2D eigenvalue weighted by Crippen LogP contribution is -2.06. The lowest BCUT2D eigenvalue weighted by molar-refractivity contribution is 0.462. The molecule has 0 saturated carbocycles. The van der Waals surface area contributed by atoms with Crippen molar-refractivity contribution in [3.05, 3.63) is 66.7 Å². The van der Waals surface area contributed by atoms with Gasteiger partial charge in [0.15, 0.2) is 5.82 Å². The van der Waals surface area contributed by atoms with Crippen LogP contribution in [0.3, 0.4) is 0 Å². The maximum Gasteiger partial charge on any atom is 0.248 e. The third kappa shape index (κ3) is 3.29. The normalized spacial score (nSPS) is 10.2. The summed E-state index contributed by atoms with van der Waals surface area (Å²) in [5.74, 6) is 1.42. The topological polar surface area (TPSA) is 86.0 Å². The molecule has 0 saturated heterocycles. The molecule has 0 aliphatic rings. The Morgan fingerprint density at radius 1 is 1.05 bits per heavy atom. The van der Waals surface area contributed by atoms with E-state index in [2.05, 4.69) is 20.3 Å². The molecule has 22 heavy (non-hydrogen) atoms. The minimum Gasteiger partial charge on any atom is -0.435 e. The summed E-state index contributed by atoms with van der Waals surface area (Å²) in [6, 6.07) is 13.6. The molecule has 3 aromatic rings. The third-order valence-corrected chi connectivity index (χ3v) is 3.00. The molecule has 3 N–H and O–H groups in total. The summed E-state index contributed by atoms with van der Waals surface area (Å²) in [6.07, 6.45) is 4.68. The average molecular weight is 293 g/mol. The van der Waals surface area contributed by atoms with Gasteiger partial charge in [-0.25, -0.2) is 4.98 Å².